The molecule has 0 bridgehead atoms. The lowest BCUT2D eigenvalue weighted by Gasteiger charge is -2.14. The monoisotopic (exact) mass is 195 g/mol. The Kier molecular flexibility index (Phi) is 3.93. The van der Waals surface area contributed by atoms with E-state index in [4.69, 9.17) is 4.74 Å². The van der Waals surface area contributed by atoms with E-state index in [-0.39, 0.29) is 5.92 Å². The second kappa shape index (κ2) is 4.99. The van der Waals surface area contributed by atoms with Crippen LogP contribution in [0.1, 0.15) is 24.0 Å². The lowest BCUT2D eigenvalue weighted by atomic mass is 9.99. The predicted octanol–water partition coefficient (Wildman–Crippen LogP) is 3.28. The minimum atomic E-state index is -0.455. The molecule has 1 aromatic rings. The molecular weight excluding hydrogens is 179 g/mol. The smallest absolute Gasteiger partial charge is 0.122 e. The Bertz CT molecular complexity index is 296. The lowest BCUT2D eigenvalue weighted by Crippen LogP contribution is -2.02. The van der Waals surface area contributed by atoms with Crippen LogP contribution >= 0.6 is 0 Å². The zero-order chi connectivity index (χ0) is 10.6. The highest BCUT2D eigenvalue weighted by Crippen LogP contribution is 2.27. The van der Waals surface area contributed by atoms with Gasteiger partial charge in [0.05, 0.1) is 13.3 Å². The van der Waals surface area contributed by atoms with Crippen LogP contribution in [-0.2, 0) is 0 Å². The summed E-state index contributed by atoms with van der Waals surface area (Å²) in [6.07, 6.45) is 0. The van der Waals surface area contributed by atoms with Gasteiger partial charge in [0.1, 0.15) is 5.75 Å². The van der Waals surface area contributed by atoms with E-state index in [2.05, 4.69) is 6.92 Å². The zero-order valence-electron chi connectivity index (χ0n) is 8.72. The number of halogens is 1. The topological polar surface area (TPSA) is 9.23 Å². The Balaban J connectivity index is 3.02. The summed E-state index contributed by atoms with van der Waals surface area (Å²) in [4.78, 5) is 0. The van der Waals surface area contributed by atoms with Gasteiger partial charge in [-0.3, -0.25) is 4.39 Å². The molecule has 1 unspecified atom stereocenters. The van der Waals surface area contributed by atoms with Gasteiger partial charge in [-0.05, 0) is 26.8 Å². The van der Waals surface area contributed by atoms with E-state index in [9.17, 15) is 4.39 Å². The first-order valence-electron chi connectivity index (χ1n) is 4.81. The Morgan fingerprint density at radius 2 is 2.21 bits per heavy atom. The quantitative estimate of drug-likeness (QED) is 0.716. The highest BCUT2D eigenvalue weighted by molar-refractivity contribution is 5.40. The standard InChI is InChI=1S/C12H16FO/c1-4-14-12-6-5-9(2)7-11(12)10(3)8-13/h5-7,10H,3-4,8H2,1-2H3. The molecule has 0 spiro atoms. The van der Waals surface area contributed by atoms with E-state index < -0.39 is 6.67 Å². The van der Waals surface area contributed by atoms with Crippen molar-refractivity contribution >= 4 is 0 Å². The van der Waals surface area contributed by atoms with Crippen molar-refractivity contribution in [2.75, 3.05) is 13.3 Å². The Morgan fingerprint density at radius 3 is 2.79 bits per heavy atom. The molecule has 2 heteroatoms. The third kappa shape index (κ3) is 2.47. The Hall–Kier alpha value is -1.05. The molecule has 1 rings (SSSR count). The van der Waals surface area contributed by atoms with Gasteiger partial charge in [0.2, 0.25) is 0 Å². The van der Waals surface area contributed by atoms with E-state index in [1.807, 2.05) is 32.0 Å². The number of hydrogen-bond donors (Lipinski definition) is 0. The van der Waals surface area contributed by atoms with Crippen molar-refractivity contribution in [2.45, 2.75) is 19.8 Å². The number of aryl methyl sites for hydroxylation is 1. The molecule has 0 fully saturated rings. The fourth-order valence-corrected chi connectivity index (χ4v) is 1.36. The third-order valence-electron chi connectivity index (χ3n) is 2.09. The number of benzene rings is 1. The van der Waals surface area contributed by atoms with E-state index in [1.54, 1.807) is 0 Å². The van der Waals surface area contributed by atoms with Crippen LogP contribution in [0.15, 0.2) is 18.2 Å². The second-order valence-electron chi connectivity index (χ2n) is 3.33. The van der Waals surface area contributed by atoms with Crippen molar-refractivity contribution in [1.29, 1.82) is 0 Å². The Morgan fingerprint density at radius 1 is 1.50 bits per heavy atom. The van der Waals surface area contributed by atoms with Crippen LogP contribution in [0.2, 0.25) is 0 Å². The average molecular weight is 195 g/mol. The van der Waals surface area contributed by atoms with Crippen LogP contribution in [0.5, 0.6) is 5.75 Å². The van der Waals surface area contributed by atoms with Gasteiger partial charge in [0, 0.05) is 11.5 Å². The fraction of sp³-hybridized carbons (Fsp3) is 0.417. The van der Waals surface area contributed by atoms with Crippen LogP contribution in [0.25, 0.3) is 0 Å². The summed E-state index contributed by atoms with van der Waals surface area (Å²) in [6.45, 7) is 7.78. The van der Waals surface area contributed by atoms with E-state index >= 15 is 0 Å². The summed E-state index contributed by atoms with van der Waals surface area (Å²) in [5, 5.41) is 0. The van der Waals surface area contributed by atoms with Gasteiger partial charge in [-0.1, -0.05) is 17.7 Å². The largest absolute Gasteiger partial charge is 0.494 e. The van der Waals surface area contributed by atoms with E-state index in [1.165, 1.54) is 0 Å². The van der Waals surface area contributed by atoms with Crippen LogP contribution in [0.3, 0.4) is 0 Å². The molecule has 0 aliphatic heterocycles. The van der Waals surface area contributed by atoms with Gasteiger partial charge in [-0.15, -0.1) is 0 Å². The molecule has 0 saturated heterocycles. The van der Waals surface area contributed by atoms with Gasteiger partial charge in [-0.2, -0.15) is 0 Å². The molecule has 77 valence electrons. The molecule has 0 saturated carbocycles. The SMILES string of the molecule is [CH2]C(CF)c1cc(C)ccc1OCC. The van der Waals surface area contributed by atoms with Gasteiger partial charge in [-0.25, -0.2) is 0 Å². The molecule has 0 N–H and O–H groups in total. The summed E-state index contributed by atoms with van der Waals surface area (Å²) in [6, 6.07) is 5.77. The normalized spacial score (nSPS) is 12.6. The first-order chi connectivity index (χ1) is 6.69. The van der Waals surface area contributed by atoms with Gasteiger partial charge < -0.3 is 4.74 Å². The number of ether oxygens (including phenoxy) is 1. The maximum atomic E-state index is 12.5. The predicted molar refractivity (Wildman–Crippen MR) is 56.4 cm³/mol. The van der Waals surface area contributed by atoms with Crippen LogP contribution in [0, 0.1) is 13.8 Å². The molecule has 0 aliphatic carbocycles. The van der Waals surface area contributed by atoms with Gasteiger partial charge >= 0.3 is 0 Å². The van der Waals surface area contributed by atoms with E-state index in [0.717, 1.165) is 16.9 Å². The molecule has 0 aromatic heterocycles. The number of hydrogen-bond acceptors (Lipinski definition) is 1. The van der Waals surface area contributed by atoms with Crippen molar-refractivity contribution in [3.05, 3.63) is 36.2 Å². The molecular formula is C12H16FO. The molecule has 1 nitrogen and oxygen atoms in total. The first-order valence-corrected chi connectivity index (χ1v) is 4.81. The highest BCUT2D eigenvalue weighted by atomic mass is 19.1. The maximum Gasteiger partial charge on any atom is 0.122 e. The number of alkyl halides is 1. The molecule has 1 radical (unpaired) electrons. The average Bonchev–Trinajstić information content (AvgIpc) is 2.20. The molecule has 14 heavy (non-hydrogen) atoms. The van der Waals surface area contributed by atoms with Crippen molar-refractivity contribution in [3.63, 3.8) is 0 Å². The molecule has 1 atom stereocenters. The molecule has 0 amide bonds. The second-order valence-corrected chi connectivity index (χ2v) is 3.33. The molecule has 0 heterocycles. The Labute approximate surface area is 84.9 Å². The zero-order valence-corrected chi connectivity index (χ0v) is 8.72. The van der Waals surface area contributed by atoms with Gasteiger partial charge in [0.15, 0.2) is 0 Å². The minimum absolute atomic E-state index is 0.337. The summed E-state index contributed by atoms with van der Waals surface area (Å²) in [5.41, 5.74) is 1.96. The van der Waals surface area contributed by atoms with Crippen molar-refractivity contribution in [2.24, 2.45) is 0 Å². The van der Waals surface area contributed by atoms with Crippen molar-refractivity contribution in [1.82, 2.24) is 0 Å². The third-order valence-corrected chi connectivity index (χ3v) is 2.09. The van der Waals surface area contributed by atoms with Crippen LogP contribution in [-0.4, -0.2) is 13.3 Å². The summed E-state index contributed by atoms with van der Waals surface area (Å²) < 4.78 is 17.9. The van der Waals surface area contributed by atoms with Crippen LogP contribution < -0.4 is 4.74 Å². The summed E-state index contributed by atoms with van der Waals surface area (Å²) in [5.74, 6) is 0.409. The maximum absolute atomic E-state index is 12.5. The molecule has 1 aromatic carbocycles. The van der Waals surface area contributed by atoms with Crippen molar-refractivity contribution in [3.8, 4) is 5.75 Å². The fourth-order valence-electron chi connectivity index (χ4n) is 1.36. The van der Waals surface area contributed by atoms with E-state index in [0.29, 0.717) is 6.61 Å². The van der Waals surface area contributed by atoms with Crippen molar-refractivity contribution < 1.29 is 9.13 Å². The minimum Gasteiger partial charge on any atom is -0.494 e. The van der Waals surface area contributed by atoms with Gasteiger partial charge in [0.25, 0.3) is 0 Å². The summed E-state index contributed by atoms with van der Waals surface area (Å²) in [7, 11) is 0. The first kappa shape index (κ1) is 11.0. The summed E-state index contributed by atoms with van der Waals surface area (Å²) >= 11 is 0. The number of rotatable bonds is 4. The highest BCUT2D eigenvalue weighted by Gasteiger charge is 2.11. The van der Waals surface area contributed by atoms with Crippen LogP contribution in [0.4, 0.5) is 4.39 Å². The lowest BCUT2D eigenvalue weighted by molar-refractivity contribution is 0.332. The molecule has 0 aliphatic rings.